The Morgan fingerprint density at radius 2 is 0.923 bits per heavy atom. The van der Waals surface area contributed by atoms with Gasteiger partial charge in [-0.2, -0.15) is 0 Å². The standard InChI is InChI=1S/C31H28N2O4S2/c1-19-6-11-24(12-7-19)38(34,35)32-28-15-10-21(3)17-26(28)30-31(32)27-18-22(4)16-23(5)29(27)33(30)39(36,37)25-13-8-20(2)9-14-25/h6-18H,1-5H3. The summed E-state index contributed by atoms with van der Waals surface area (Å²) in [7, 11) is -8.19. The first-order valence-electron chi connectivity index (χ1n) is 12.6. The summed E-state index contributed by atoms with van der Waals surface area (Å²) in [5.74, 6) is 0. The summed E-state index contributed by atoms with van der Waals surface area (Å²) in [5, 5.41) is 1.13. The van der Waals surface area contributed by atoms with Gasteiger partial charge in [-0.15, -0.1) is 0 Å². The van der Waals surface area contributed by atoms with Gasteiger partial charge >= 0.3 is 0 Å². The summed E-state index contributed by atoms with van der Waals surface area (Å²) in [6.45, 7) is 9.50. The number of benzene rings is 4. The largest absolute Gasteiger partial charge is 0.268 e. The number of aryl methyl sites for hydroxylation is 5. The lowest BCUT2D eigenvalue weighted by Gasteiger charge is -2.12. The van der Waals surface area contributed by atoms with Crippen LogP contribution in [0.4, 0.5) is 0 Å². The van der Waals surface area contributed by atoms with Gasteiger partial charge in [-0.3, -0.25) is 0 Å². The zero-order chi connectivity index (χ0) is 27.9. The van der Waals surface area contributed by atoms with E-state index in [1.807, 2.05) is 58.9 Å². The molecule has 6 rings (SSSR count). The maximum atomic E-state index is 14.4. The average Bonchev–Trinajstić information content (AvgIpc) is 3.38. The van der Waals surface area contributed by atoms with Crippen molar-refractivity contribution in [3.63, 3.8) is 0 Å². The van der Waals surface area contributed by atoms with Gasteiger partial charge in [-0.05, 0) is 82.6 Å². The van der Waals surface area contributed by atoms with Crippen LogP contribution in [0.3, 0.4) is 0 Å². The molecule has 39 heavy (non-hydrogen) atoms. The van der Waals surface area contributed by atoms with Gasteiger partial charge in [0.2, 0.25) is 0 Å². The third kappa shape index (κ3) is 3.73. The number of aromatic nitrogens is 2. The fourth-order valence-electron chi connectivity index (χ4n) is 5.45. The van der Waals surface area contributed by atoms with Gasteiger partial charge in [0.15, 0.2) is 0 Å². The van der Waals surface area contributed by atoms with Crippen molar-refractivity contribution in [2.75, 3.05) is 0 Å². The molecule has 0 unspecified atom stereocenters. The average molecular weight is 557 g/mol. The van der Waals surface area contributed by atoms with E-state index in [4.69, 9.17) is 0 Å². The summed E-state index contributed by atoms with van der Waals surface area (Å²) < 4.78 is 60.0. The van der Waals surface area contributed by atoms with E-state index in [2.05, 4.69) is 0 Å². The molecule has 8 heteroatoms. The van der Waals surface area contributed by atoms with Crippen LogP contribution in [0.25, 0.3) is 32.8 Å². The number of nitrogens with zero attached hydrogens (tertiary/aromatic N) is 2. The SMILES string of the molecule is Cc1ccc(S(=O)(=O)n2c3ccc(C)cc3c3c2c2cc(C)cc(C)c2n3S(=O)(=O)c2ccc(C)cc2)cc1. The van der Waals surface area contributed by atoms with Crippen LogP contribution in [-0.2, 0) is 20.0 Å². The van der Waals surface area contributed by atoms with Gasteiger partial charge in [0.05, 0.1) is 31.9 Å². The van der Waals surface area contributed by atoms with Crippen molar-refractivity contribution in [1.82, 2.24) is 7.94 Å². The first-order chi connectivity index (χ1) is 18.4. The third-order valence-electron chi connectivity index (χ3n) is 7.28. The predicted octanol–water partition coefficient (Wildman–Crippen LogP) is 6.77. The molecule has 0 aliphatic carbocycles. The van der Waals surface area contributed by atoms with Crippen molar-refractivity contribution in [1.29, 1.82) is 0 Å². The highest BCUT2D eigenvalue weighted by Crippen LogP contribution is 2.42. The number of hydrogen-bond acceptors (Lipinski definition) is 4. The Hall–Kier alpha value is -3.88. The van der Waals surface area contributed by atoms with Gasteiger partial charge in [0.25, 0.3) is 20.0 Å². The Morgan fingerprint density at radius 3 is 1.49 bits per heavy atom. The molecule has 2 aromatic heterocycles. The molecule has 4 aromatic carbocycles. The van der Waals surface area contributed by atoms with Crippen molar-refractivity contribution in [3.8, 4) is 0 Å². The third-order valence-corrected chi connectivity index (χ3v) is 10.7. The Kier molecular flexibility index (Phi) is 5.58. The smallest absolute Gasteiger partial charge is 0.231 e. The zero-order valence-electron chi connectivity index (χ0n) is 22.3. The van der Waals surface area contributed by atoms with E-state index in [0.29, 0.717) is 32.8 Å². The van der Waals surface area contributed by atoms with Gasteiger partial charge in [0, 0.05) is 10.8 Å². The first kappa shape index (κ1) is 25.4. The Balaban J connectivity index is 1.88. The molecule has 0 amide bonds. The van der Waals surface area contributed by atoms with Gasteiger partial charge in [-0.25, -0.2) is 24.8 Å². The second kappa shape index (κ2) is 8.56. The topological polar surface area (TPSA) is 78.1 Å². The minimum absolute atomic E-state index is 0.138. The van der Waals surface area contributed by atoms with Crippen LogP contribution in [0.2, 0.25) is 0 Å². The molecule has 2 heterocycles. The van der Waals surface area contributed by atoms with E-state index >= 15 is 0 Å². The van der Waals surface area contributed by atoms with Crippen molar-refractivity contribution >= 4 is 52.9 Å². The van der Waals surface area contributed by atoms with Crippen LogP contribution in [0.15, 0.2) is 88.7 Å². The molecule has 0 atom stereocenters. The van der Waals surface area contributed by atoms with Crippen LogP contribution < -0.4 is 0 Å². The normalized spacial score (nSPS) is 12.6. The quantitative estimate of drug-likeness (QED) is 0.240. The molecule has 0 fully saturated rings. The van der Waals surface area contributed by atoms with Gasteiger partial charge in [0.1, 0.15) is 0 Å². The van der Waals surface area contributed by atoms with E-state index in [1.165, 1.54) is 7.94 Å². The highest BCUT2D eigenvalue weighted by molar-refractivity contribution is 7.91. The molecule has 0 saturated carbocycles. The van der Waals surface area contributed by atoms with Gasteiger partial charge < -0.3 is 0 Å². The zero-order valence-corrected chi connectivity index (χ0v) is 24.0. The molecular formula is C31H28N2O4S2. The van der Waals surface area contributed by atoms with E-state index in [-0.39, 0.29) is 9.79 Å². The Labute approximate surface area is 228 Å². The number of hydrogen-bond donors (Lipinski definition) is 0. The van der Waals surface area contributed by atoms with Crippen LogP contribution in [0.5, 0.6) is 0 Å². The van der Waals surface area contributed by atoms with Crippen molar-refractivity contribution < 1.29 is 16.8 Å². The molecule has 0 N–H and O–H groups in total. The molecule has 0 aliphatic heterocycles. The molecule has 6 nitrogen and oxygen atoms in total. The molecule has 0 saturated heterocycles. The summed E-state index contributed by atoms with van der Waals surface area (Å²) in [6.07, 6.45) is 0. The minimum Gasteiger partial charge on any atom is -0.231 e. The number of fused-ring (bicyclic) bond motifs is 5. The lowest BCUT2D eigenvalue weighted by atomic mass is 10.1. The summed E-state index contributed by atoms with van der Waals surface area (Å²) in [6, 6.07) is 22.7. The molecule has 0 aliphatic rings. The molecule has 6 aromatic rings. The summed E-state index contributed by atoms with van der Waals surface area (Å²) in [4.78, 5) is 0.279. The maximum absolute atomic E-state index is 14.4. The fourth-order valence-corrected chi connectivity index (χ4v) is 8.58. The molecule has 0 radical (unpaired) electrons. The van der Waals surface area contributed by atoms with Crippen molar-refractivity contribution in [2.45, 2.75) is 44.4 Å². The summed E-state index contributed by atoms with van der Waals surface area (Å²) >= 11 is 0. The van der Waals surface area contributed by atoms with Crippen LogP contribution >= 0.6 is 0 Å². The Morgan fingerprint density at radius 1 is 0.462 bits per heavy atom. The molecule has 0 spiro atoms. The summed E-state index contributed by atoms with van der Waals surface area (Å²) in [5.41, 5.74) is 6.06. The van der Waals surface area contributed by atoms with Crippen LogP contribution in [0, 0.1) is 34.6 Å². The van der Waals surface area contributed by atoms with Crippen LogP contribution in [-0.4, -0.2) is 24.8 Å². The lowest BCUT2D eigenvalue weighted by Crippen LogP contribution is -2.13. The van der Waals surface area contributed by atoms with Crippen molar-refractivity contribution in [3.05, 3.63) is 107 Å². The van der Waals surface area contributed by atoms with E-state index < -0.39 is 20.0 Å². The monoisotopic (exact) mass is 556 g/mol. The molecule has 198 valence electrons. The molecule has 0 bridgehead atoms. The van der Waals surface area contributed by atoms with Crippen molar-refractivity contribution in [2.24, 2.45) is 0 Å². The highest BCUT2D eigenvalue weighted by atomic mass is 32.2. The van der Waals surface area contributed by atoms with E-state index in [9.17, 15) is 16.8 Å². The number of rotatable bonds is 4. The Bertz CT molecular complexity index is 2170. The highest BCUT2D eigenvalue weighted by Gasteiger charge is 2.32. The van der Waals surface area contributed by atoms with Crippen LogP contribution in [0.1, 0.15) is 27.8 Å². The maximum Gasteiger partial charge on any atom is 0.268 e. The van der Waals surface area contributed by atoms with E-state index in [1.54, 1.807) is 54.6 Å². The predicted molar refractivity (Wildman–Crippen MR) is 157 cm³/mol. The fraction of sp³-hybridized carbons (Fsp3) is 0.161. The lowest BCUT2D eigenvalue weighted by molar-refractivity contribution is 0.588. The van der Waals surface area contributed by atoms with E-state index in [0.717, 1.165) is 27.8 Å². The van der Waals surface area contributed by atoms with Gasteiger partial charge in [-0.1, -0.05) is 58.7 Å². The second-order valence-corrected chi connectivity index (χ2v) is 13.9. The minimum atomic E-state index is -4.10. The second-order valence-electron chi connectivity index (χ2n) is 10.4. The first-order valence-corrected chi connectivity index (χ1v) is 15.5. The molecular weight excluding hydrogens is 528 g/mol.